The van der Waals surface area contributed by atoms with Gasteiger partial charge in [-0.15, -0.1) is 0 Å². The van der Waals surface area contributed by atoms with Crippen LogP contribution in [-0.4, -0.2) is 50.0 Å². The number of hydrogen-bond acceptors (Lipinski definition) is 7. The molecule has 2 heterocycles. The highest BCUT2D eigenvalue weighted by Gasteiger charge is 2.27. The zero-order valence-corrected chi connectivity index (χ0v) is 17.3. The van der Waals surface area contributed by atoms with E-state index in [1.807, 2.05) is 18.2 Å². The first-order chi connectivity index (χ1) is 14.1. The maximum Gasteiger partial charge on any atom is 0.324 e. The summed E-state index contributed by atoms with van der Waals surface area (Å²) in [5.41, 5.74) is 3.34. The number of nitrogens with zero attached hydrogens (tertiary/aromatic N) is 4. The first kappa shape index (κ1) is 19.1. The third-order valence-corrected chi connectivity index (χ3v) is 5.32. The van der Waals surface area contributed by atoms with Crippen LogP contribution >= 0.6 is 0 Å². The molecule has 1 atom stereocenters. The smallest absolute Gasteiger partial charge is 0.324 e. The topological polar surface area (TPSA) is 63.9 Å². The number of piperazine rings is 1. The summed E-state index contributed by atoms with van der Waals surface area (Å²) < 4.78 is 16.2. The van der Waals surface area contributed by atoms with Gasteiger partial charge in [-0.1, -0.05) is 22.9 Å². The molecule has 1 aromatic heterocycles. The Morgan fingerprint density at radius 1 is 1.00 bits per heavy atom. The third-order valence-electron chi connectivity index (χ3n) is 5.32. The number of rotatable bonds is 5. The predicted octanol–water partition coefficient (Wildman–Crippen LogP) is 3.78. The normalized spacial score (nSPS) is 16.8. The van der Waals surface area contributed by atoms with E-state index in [-0.39, 0.29) is 0 Å². The molecule has 2 aromatic carbocycles. The van der Waals surface area contributed by atoms with Crippen LogP contribution in [-0.2, 0) is 0 Å². The molecule has 1 saturated heterocycles. The summed E-state index contributed by atoms with van der Waals surface area (Å²) in [4.78, 5) is 9.18. The lowest BCUT2D eigenvalue weighted by atomic mass is 10.1. The van der Waals surface area contributed by atoms with Gasteiger partial charge in [0.05, 0.1) is 14.2 Å². The minimum absolute atomic E-state index is 0.336. The van der Waals surface area contributed by atoms with Crippen molar-refractivity contribution < 1.29 is 14.0 Å². The summed E-state index contributed by atoms with van der Waals surface area (Å²) in [7, 11) is 3.22. The number of benzene rings is 2. The van der Waals surface area contributed by atoms with Crippen molar-refractivity contribution in [2.45, 2.75) is 19.9 Å². The molecular weight excluding hydrogens is 368 g/mol. The maximum atomic E-state index is 5.57. The highest BCUT2D eigenvalue weighted by atomic mass is 16.5. The molecule has 4 rings (SSSR count). The summed E-state index contributed by atoms with van der Waals surface area (Å²) in [6.45, 7) is 6.87. The molecule has 1 aliphatic rings. The summed E-state index contributed by atoms with van der Waals surface area (Å²) in [6, 6.07) is 15.1. The lowest BCUT2D eigenvalue weighted by Gasteiger charge is -2.40. The number of aryl methyl sites for hydroxylation is 1. The Kier molecular flexibility index (Phi) is 5.29. The van der Waals surface area contributed by atoms with E-state index in [2.05, 4.69) is 58.1 Å². The van der Waals surface area contributed by atoms with E-state index < -0.39 is 0 Å². The Bertz CT molecular complexity index is 970. The predicted molar refractivity (Wildman–Crippen MR) is 113 cm³/mol. The fourth-order valence-electron chi connectivity index (χ4n) is 3.69. The van der Waals surface area contributed by atoms with Gasteiger partial charge in [0.1, 0.15) is 0 Å². The van der Waals surface area contributed by atoms with Gasteiger partial charge in [0.2, 0.25) is 5.82 Å². The first-order valence-corrected chi connectivity index (χ1v) is 9.73. The van der Waals surface area contributed by atoms with Gasteiger partial charge in [-0.2, -0.15) is 4.98 Å². The molecule has 152 valence electrons. The van der Waals surface area contributed by atoms with Crippen LogP contribution in [0.2, 0.25) is 0 Å². The van der Waals surface area contributed by atoms with Crippen molar-refractivity contribution in [2.75, 3.05) is 43.7 Å². The molecule has 7 heteroatoms. The molecule has 0 N–H and O–H groups in total. The maximum absolute atomic E-state index is 5.57. The molecule has 0 bridgehead atoms. The van der Waals surface area contributed by atoms with Crippen molar-refractivity contribution in [3.05, 3.63) is 48.0 Å². The van der Waals surface area contributed by atoms with E-state index in [1.165, 1.54) is 11.3 Å². The fraction of sp³-hybridized carbons (Fsp3) is 0.364. The molecule has 0 radical (unpaired) electrons. The SMILES string of the molecule is COc1ccc(-c2noc(N3CCN(c4ccc(C)cc4)[C@@H](C)C3)n2)cc1OC. The van der Waals surface area contributed by atoms with Crippen molar-refractivity contribution in [1.29, 1.82) is 0 Å². The van der Waals surface area contributed by atoms with E-state index in [0.717, 1.165) is 25.2 Å². The number of anilines is 2. The Hall–Kier alpha value is -3.22. The van der Waals surface area contributed by atoms with Crippen LogP contribution in [0.3, 0.4) is 0 Å². The second-order valence-electron chi connectivity index (χ2n) is 7.29. The van der Waals surface area contributed by atoms with Crippen LogP contribution in [0.15, 0.2) is 47.0 Å². The molecule has 0 amide bonds. The molecule has 0 aliphatic carbocycles. The van der Waals surface area contributed by atoms with Gasteiger partial charge >= 0.3 is 6.01 Å². The van der Waals surface area contributed by atoms with Gasteiger partial charge in [0.25, 0.3) is 0 Å². The Labute approximate surface area is 170 Å². The monoisotopic (exact) mass is 394 g/mol. The molecule has 29 heavy (non-hydrogen) atoms. The Morgan fingerprint density at radius 3 is 2.45 bits per heavy atom. The Balaban J connectivity index is 1.48. The minimum atomic E-state index is 0.336. The van der Waals surface area contributed by atoms with Crippen LogP contribution in [0.25, 0.3) is 11.4 Å². The van der Waals surface area contributed by atoms with Crippen LogP contribution in [0.5, 0.6) is 11.5 Å². The molecule has 0 spiro atoms. The third kappa shape index (κ3) is 3.85. The van der Waals surface area contributed by atoms with Gasteiger partial charge in [-0.05, 0) is 44.2 Å². The summed E-state index contributed by atoms with van der Waals surface area (Å²) in [5, 5.41) is 4.17. The molecule has 7 nitrogen and oxygen atoms in total. The van der Waals surface area contributed by atoms with Crippen LogP contribution in [0.4, 0.5) is 11.7 Å². The van der Waals surface area contributed by atoms with Gasteiger partial charge in [-0.3, -0.25) is 0 Å². The molecule has 0 saturated carbocycles. The average Bonchev–Trinajstić information content (AvgIpc) is 3.24. The molecule has 1 fully saturated rings. The second-order valence-corrected chi connectivity index (χ2v) is 7.29. The zero-order chi connectivity index (χ0) is 20.4. The zero-order valence-electron chi connectivity index (χ0n) is 17.3. The standard InChI is InChI=1S/C22H26N4O3/c1-15-5-8-18(9-6-15)26-12-11-25(14-16(26)2)22-23-21(24-29-22)17-7-10-19(27-3)20(13-17)28-4/h5-10,13,16H,11-12,14H2,1-4H3/t16-/m0/s1. The first-order valence-electron chi connectivity index (χ1n) is 9.73. The van der Waals surface area contributed by atoms with Gasteiger partial charge in [0.15, 0.2) is 11.5 Å². The van der Waals surface area contributed by atoms with Crippen molar-refractivity contribution in [3.63, 3.8) is 0 Å². The highest BCUT2D eigenvalue weighted by Crippen LogP contribution is 2.32. The van der Waals surface area contributed by atoms with Crippen molar-refractivity contribution >= 4 is 11.7 Å². The minimum Gasteiger partial charge on any atom is -0.493 e. The largest absolute Gasteiger partial charge is 0.493 e. The van der Waals surface area contributed by atoms with E-state index in [4.69, 9.17) is 14.0 Å². The van der Waals surface area contributed by atoms with E-state index in [9.17, 15) is 0 Å². The number of aromatic nitrogens is 2. The van der Waals surface area contributed by atoms with Gasteiger partial charge < -0.3 is 23.8 Å². The molecule has 3 aromatic rings. The lowest BCUT2D eigenvalue weighted by molar-refractivity contribution is 0.355. The molecule has 0 unspecified atom stereocenters. The van der Waals surface area contributed by atoms with Crippen molar-refractivity contribution in [3.8, 4) is 22.9 Å². The van der Waals surface area contributed by atoms with Crippen LogP contribution in [0, 0.1) is 6.92 Å². The number of ether oxygens (including phenoxy) is 2. The Morgan fingerprint density at radius 2 is 1.76 bits per heavy atom. The second kappa shape index (κ2) is 8.03. The van der Waals surface area contributed by atoms with Crippen LogP contribution in [0.1, 0.15) is 12.5 Å². The van der Waals surface area contributed by atoms with E-state index in [0.29, 0.717) is 29.4 Å². The highest BCUT2D eigenvalue weighted by molar-refractivity contribution is 5.61. The number of methoxy groups -OCH3 is 2. The average molecular weight is 394 g/mol. The van der Waals surface area contributed by atoms with Crippen LogP contribution < -0.4 is 19.3 Å². The van der Waals surface area contributed by atoms with E-state index >= 15 is 0 Å². The lowest BCUT2D eigenvalue weighted by Crippen LogP contribution is -2.52. The van der Waals surface area contributed by atoms with Crippen molar-refractivity contribution in [1.82, 2.24) is 10.1 Å². The fourth-order valence-corrected chi connectivity index (χ4v) is 3.69. The van der Waals surface area contributed by atoms with Crippen molar-refractivity contribution in [2.24, 2.45) is 0 Å². The summed E-state index contributed by atoms with van der Waals surface area (Å²) in [6.07, 6.45) is 0. The summed E-state index contributed by atoms with van der Waals surface area (Å²) in [5.74, 6) is 1.84. The number of hydrogen-bond donors (Lipinski definition) is 0. The van der Waals surface area contributed by atoms with E-state index in [1.54, 1.807) is 14.2 Å². The molecular formula is C22H26N4O3. The van der Waals surface area contributed by atoms with Gasteiger partial charge in [0, 0.05) is 36.9 Å². The molecule has 1 aliphatic heterocycles. The van der Waals surface area contributed by atoms with Gasteiger partial charge in [-0.25, -0.2) is 0 Å². The summed E-state index contributed by atoms with van der Waals surface area (Å²) >= 11 is 0. The quantitative estimate of drug-likeness (QED) is 0.652.